The largest absolute Gasteiger partial charge is 0.464 e. The molecule has 62 valence electrons. The monoisotopic (exact) mass is 157 g/mol. The standard InChI is InChI=1S/C7H11NO3/c1-7(2)4-5(8-11-7)6(9)10-3/h4H2,1-3H3. The van der Waals surface area contributed by atoms with E-state index >= 15 is 0 Å². The van der Waals surface area contributed by atoms with Crippen LogP contribution >= 0.6 is 0 Å². The molecule has 0 bridgehead atoms. The summed E-state index contributed by atoms with van der Waals surface area (Å²) in [4.78, 5) is 15.8. The summed E-state index contributed by atoms with van der Waals surface area (Å²) in [5.74, 6) is -0.407. The van der Waals surface area contributed by atoms with Crippen LogP contribution in [0.3, 0.4) is 0 Å². The third-order valence-electron chi connectivity index (χ3n) is 1.42. The highest BCUT2D eigenvalue weighted by Gasteiger charge is 2.32. The summed E-state index contributed by atoms with van der Waals surface area (Å²) in [6.45, 7) is 3.74. The van der Waals surface area contributed by atoms with Crippen LogP contribution in [-0.2, 0) is 14.4 Å². The first-order valence-corrected chi connectivity index (χ1v) is 3.38. The van der Waals surface area contributed by atoms with Crippen LogP contribution in [0.1, 0.15) is 20.3 Å². The molecule has 0 aromatic rings. The Morgan fingerprint density at radius 1 is 1.73 bits per heavy atom. The van der Waals surface area contributed by atoms with Crippen LogP contribution in [0, 0.1) is 0 Å². The van der Waals surface area contributed by atoms with Crippen LogP contribution in [0.15, 0.2) is 5.16 Å². The van der Waals surface area contributed by atoms with Gasteiger partial charge in [-0.25, -0.2) is 4.79 Å². The van der Waals surface area contributed by atoms with E-state index < -0.39 is 5.97 Å². The number of ether oxygens (including phenoxy) is 1. The van der Waals surface area contributed by atoms with Gasteiger partial charge in [-0.2, -0.15) is 0 Å². The molecule has 0 amide bonds. The summed E-state index contributed by atoms with van der Waals surface area (Å²) in [6.07, 6.45) is 0.514. The van der Waals surface area contributed by atoms with E-state index in [-0.39, 0.29) is 5.60 Å². The maximum atomic E-state index is 10.9. The molecule has 1 aliphatic heterocycles. The number of oxime groups is 1. The van der Waals surface area contributed by atoms with Gasteiger partial charge >= 0.3 is 5.97 Å². The highest BCUT2D eigenvalue weighted by molar-refractivity contribution is 6.36. The lowest BCUT2D eigenvalue weighted by molar-refractivity contribution is -0.132. The zero-order chi connectivity index (χ0) is 8.48. The van der Waals surface area contributed by atoms with Gasteiger partial charge in [0.2, 0.25) is 0 Å². The molecule has 0 radical (unpaired) electrons. The van der Waals surface area contributed by atoms with Gasteiger partial charge in [0.25, 0.3) is 0 Å². The second kappa shape index (κ2) is 2.53. The fraction of sp³-hybridized carbons (Fsp3) is 0.714. The molecule has 0 aromatic heterocycles. The molecule has 1 heterocycles. The van der Waals surface area contributed by atoms with Crippen molar-refractivity contribution < 1.29 is 14.4 Å². The Balaban J connectivity index is 2.60. The van der Waals surface area contributed by atoms with E-state index in [1.54, 1.807) is 0 Å². The Hall–Kier alpha value is -1.06. The van der Waals surface area contributed by atoms with Gasteiger partial charge in [0.1, 0.15) is 5.60 Å². The topological polar surface area (TPSA) is 47.9 Å². The van der Waals surface area contributed by atoms with Crippen molar-refractivity contribution in [3.63, 3.8) is 0 Å². The third-order valence-corrected chi connectivity index (χ3v) is 1.42. The number of carbonyl (C=O) groups is 1. The summed E-state index contributed by atoms with van der Waals surface area (Å²) < 4.78 is 4.48. The van der Waals surface area contributed by atoms with Crippen LogP contribution in [0.4, 0.5) is 0 Å². The predicted molar refractivity (Wildman–Crippen MR) is 39.2 cm³/mol. The summed E-state index contributed by atoms with van der Waals surface area (Å²) in [7, 11) is 1.33. The Labute approximate surface area is 65.2 Å². The van der Waals surface area contributed by atoms with E-state index in [1.165, 1.54) is 7.11 Å². The molecule has 1 aliphatic rings. The average Bonchev–Trinajstić information content (AvgIpc) is 2.29. The van der Waals surface area contributed by atoms with Crippen molar-refractivity contribution in [2.75, 3.05) is 7.11 Å². The first-order valence-electron chi connectivity index (χ1n) is 3.38. The van der Waals surface area contributed by atoms with Gasteiger partial charge in [0.15, 0.2) is 5.71 Å². The van der Waals surface area contributed by atoms with Crippen molar-refractivity contribution in [3.8, 4) is 0 Å². The van der Waals surface area contributed by atoms with Gasteiger partial charge in [0, 0.05) is 6.42 Å². The molecule has 0 saturated heterocycles. The number of hydrogen-bond donors (Lipinski definition) is 0. The second-order valence-electron chi connectivity index (χ2n) is 3.06. The maximum Gasteiger partial charge on any atom is 0.355 e. The minimum absolute atomic E-state index is 0.358. The smallest absolute Gasteiger partial charge is 0.355 e. The number of nitrogens with zero attached hydrogens (tertiary/aromatic N) is 1. The Morgan fingerprint density at radius 2 is 2.36 bits per heavy atom. The van der Waals surface area contributed by atoms with Gasteiger partial charge in [-0.05, 0) is 13.8 Å². The normalized spacial score (nSPS) is 20.5. The van der Waals surface area contributed by atoms with Gasteiger partial charge in [-0.3, -0.25) is 0 Å². The molecule has 0 atom stereocenters. The minimum atomic E-state index is -0.407. The molecular formula is C7H11NO3. The molecule has 0 aliphatic carbocycles. The highest BCUT2D eigenvalue weighted by atomic mass is 16.7. The SMILES string of the molecule is COC(=O)C1=NOC(C)(C)C1. The average molecular weight is 157 g/mol. The van der Waals surface area contributed by atoms with E-state index in [9.17, 15) is 4.79 Å². The lowest BCUT2D eigenvalue weighted by Crippen LogP contribution is -2.22. The third kappa shape index (κ3) is 1.69. The molecular weight excluding hydrogens is 146 g/mol. The van der Waals surface area contributed by atoms with E-state index in [0.29, 0.717) is 12.1 Å². The van der Waals surface area contributed by atoms with Crippen LogP contribution < -0.4 is 0 Å². The van der Waals surface area contributed by atoms with E-state index in [2.05, 4.69) is 9.89 Å². The van der Waals surface area contributed by atoms with Crippen LogP contribution in [0.2, 0.25) is 0 Å². The van der Waals surface area contributed by atoms with Gasteiger partial charge < -0.3 is 9.57 Å². The van der Waals surface area contributed by atoms with Crippen LogP contribution in [-0.4, -0.2) is 24.4 Å². The number of esters is 1. The van der Waals surface area contributed by atoms with E-state index in [4.69, 9.17) is 4.84 Å². The Bertz CT molecular complexity index is 208. The predicted octanol–water partition coefficient (Wildman–Crippen LogP) is 0.714. The molecule has 0 saturated carbocycles. The van der Waals surface area contributed by atoms with Gasteiger partial charge in [-0.15, -0.1) is 0 Å². The lowest BCUT2D eigenvalue weighted by Gasteiger charge is -2.12. The molecule has 4 nitrogen and oxygen atoms in total. The fourth-order valence-electron chi connectivity index (χ4n) is 0.874. The first kappa shape index (κ1) is 8.04. The molecule has 0 aromatic carbocycles. The molecule has 11 heavy (non-hydrogen) atoms. The molecule has 0 N–H and O–H groups in total. The van der Waals surface area contributed by atoms with Gasteiger partial charge in [-0.1, -0.05) is 5.16 Å². The molecule has 0 unspecified atom stereocenters. The summed E-state index contributed by atoms with van der Waals surface area (Å²) in [5.41, 5.74) is 0.00118. The van der Waals surface area contributed by atoms with E-state index in [1.807, 2.05) is 13.8 Å². The van der Waals surface area contributed by atoms with Gasteiger partial charge in [0.05, 0.1) is 7.11 Å². The molecule has 0 spiro atoms. The Morgan fingerprint density at radius 3 is 2.73 bits per heavy atom. The zero-order valence-corrected chi connectivity index (χ0v) is 6.88. The van der Waals surface area contributed by atoms with Crippen molar-refractivity contribution in [1.82, 2.24) is 0 Å². The fourth-order valence-corrected chi connectivity index (χ4v) is 0.874. The van der Waals surface area contributed by atoms with Crippen molar-refractivity contribution in [2.24, 2.45) is 5.16 Å². The van der Waals surface area contributed by atoms with Crippen molar-refractivity contribution in [1.29, 1.82) is 0 Å². The van der Waals surface area contributed by atoms with Crippen LogP contribution in [0.5, 0.6) is 0 Å². The van der Waals surface area contributed by atoms with Crippen molar-refractivity contribution in [2.45, 2.75) is 25.9 Å². The number of rotatable bonds is 1. The number of carbonyl (C=O) groups excluding carboxylic acids is 1. The molecule has 4 heteroatoms. The minimum Gasteiger partial charge on any atom is -0.464 e. The zero-order valence-electron chi connectivity index (χ0n) is 6.88. The summed E-state index contributed by atoms with van der Waals surface area (Å²) in [5, 5.41) is 3.60. The quantitative estimate of drug-likeness (QED) is 0.527. The second-order valence-corrected chi connectivity index (χ2v) is 3.06. The molecule has 0 fully saturated rings. The number of methoxy groups -OCH3 is 1. The van der Waals surface area contributed by atoms with Crippen molar-refractivity contribution in [3.05, 3.63) is 0 Å². The highest BCUT2D eigenvalue weighted by Crippen LogP contribution is 2.22. The first-order chi connectivity index (χ1) is 5.05. The lowest BCUT2D eigenvalue weighted by atomic mass is 10.0. The van der Waals surface area contributed by atoms with Crippen LogP contribution in [0.25, 0.3) is 0 Å². The summed E-state index contributed by atoms with van der Waals surface area (Å²) >= 11 is 0. The van der Waals surface area contributed by atoms with Crippen molar-refractivity contribution >= 4 is 11.7 Å². The number of hydrogen-bond acceptors (Lipinski definition) is 4. The maximum absolute atomic E-state index is 10.9. The van der Waals surface area contributed by atoms with E-state index in [0.717, 1.165) is 0 Å². The Kier molecular flexibility index (Phi) is 1.85. The summed E-state index contributed by atoms with van der Waals surface area (Å²) in [6, 6.07) is 0. The molecule has 1 rings (SSSR count).